The molecule has 4 nitrogen and oxygen atoms in total. The monoisotopic (exact) mass is 465 g/mol. The number of rotatable bonds is 5. The number of ether oxygens (including phenoxy) is 1. The molecule has 5 heteroatoms. The highest BCUT2D eigenvalue weighted by molar-refractivity contribution is 6.99. The van der Waals surface area contributed by atoms with Gasteiger partial charge in [0.15, 0.2) is 0 Å². The molecular formula is C28H39NO3Si. The highest BCUT2D eigenvalue weighted by Crippen LogP contribution is 2.48. The van der Waals surface area contributed by atoms with E-state index in [0.717, 1.165) is 18.9 Å². The van der Waals surface area contributed by atoms with E-state index in [9.17, 15) is 4.79 Å². The summed E-state index contributed by atoms with van der Waals surface area (Å²) < 4.78 is 13.0. The Bertz CT molecular complexity index is 909. The van der Waals surface area contributed by atoms with Gasteiger partial charge in [0.25, 0.3) is 8.32 Å². The van der Waals surface area contributed by atoms with Crippen molar-refractivity contribution in [3.8, 4) is 0 Å². The van der Waals surface area contributed by atoms with Crippen molar-refractivity contribution in [3.63, 3.8) is 0 Å². The van der Waals surface area contributed by atoms with E-state index in [2.05, 4.69) is 81.4 Å². The van der Waals surface area contributed by atoms with E-state index in [1.807, 2.05) is 25.7 Å². The van der Waals surface area contributed by atoms with Gasteiger partial charge < -0.3 is 14.1 Å². The van der Waals surface area contributed by atoms with Gasteiger partial charge in [0.1, 0.15) is 5.60 Å². The maximum absolute atomic E-state index is 13.1. The number of nitrogens with zero attached hydrogens (tertiary/aromatic N) is 1. The predicted molar refractivity (Wildman–Crippen MR) is 137 cm³/mol. The van der Waals surface area contributed by atoms with Crippen LogP contribution in [0.5, 0.6) is 0 Å². The maximum Gasteiger partial charge on any atom is 0.410 e. The van der Waals surface area contributed by atoms with Gasteiger partial charge in [-0.3, -0.25) is 0 Å². The number of piperidine rings is 1. The first-order chi connectivity index (χ1) is 15.5. The minimum absolute atomic E-state index is 0.0465. The van der Waals surface area contributed by atoms with Gasteiger partial charge in [-0.2, -0.15) is 0 Å². The normalized spacial score (nSPS) is 23.1. The first-order valence-electron chi connectivity index (χ1n) is 12.3. The minimum Gasteiger partial charge on any atom is -0.444 e. The Hall–Kier alpha value is -2.11. The van der Waals surface area contributed by atoms with Crippen molar-refractivity contribution in [2.75, 3.05) is 13.2 Å². The number of amides is 1. The first kappa shape index (κ1) is 24.0. The highest BCUT2D eigenvalue weighted by atomic mass is 28.4. The van der Waals surface area contributed by atoms with Gasteiger partial charge >= 0.3 is 6.09 Å². The van der Waals surface area contributed by atoms with E-state index in [4.69, 9.17) is 9.16 Å². The summed E-state index contributed by atoms with van der Waals surface area (Å²) in [5, 5.41) is 2.46. The molecule has 1 aliphatic carbocycles. The molecule has 3 atom stereocenters. The predicted octanol–water partition coefficient (Wildman–Crippen LogP) is 5.21. The molecule has 1 saturated carbocycles. The molecule has 4 rings (SSSR count). The number of hydrogen-bond acceptors (Lipinski definition) is 3. The van der Waals surface area contributed by atoms with Crippen LogP contribution in [0, 0.1) is 11.8 Å². The van der Waals surface area contributed by atoms with Crippen LogP contribution in [-0.4, -0.2) is 44.1 Å². The molecule has 2 aromatic rings. The molecule has 2 unspecified atom stereocenters. The third kappa shape index (κ3) is 5.04. The topological polar surface area (TPSA) is 38.8 Å². The molecule has 1 aliphatic heterocycles. The third-order valence-corrected chi connectivity index (χ3v) is 12.1. The van der Waals surface area contributed by atoms with Crippen molar-refractivity contribution < 1.29 is 14.0 Å². The molecular weight excluding hydrogens is 426 g/mol. The summed E-state index contributed by atoms with van der Waals surface area (Å²) in [5.41, 5.74) is -0.499. The molecule has 178 valence electrons. The Morgan fingerprint density at radius 2 is 1.42 bits per heavy atom. The minimum atomic E-state index is -2.63. The smallest absolute Gasteiger partial charge is 0.410 e. The average molecular weight is 466 g/mol. The van der Waals surface area contributed by atoms with Crippen molar-refractivity contribution >= 4 is 24.8 Å². The van der Waals surface area contributed by atoms with Crippen LogP contribution in [0.4, 0.5) is 4.79 Å². The highest BCUT2D eigenvalue weighted by Gasteiger charge is 2.52. The maximum atomic E-state index is 13.1. The number of hydrogen-bond donors (Lipinski definition) is 0. The summed E-state index contributed by atoms with van der Waals surface area (Å²) in [6, 6.07) is 21.5. The molecule has 1 saturated heterocycles. The summed E-state index contributed by atoms with van der Waals surface area (Å²) in [6.07, 6.45) is 2.01. The van der Waals surface area contributed by atoms with Crippen LogP contribution < -0.4 is 10.4 Å². The largest absolute Gasteiger partial charge is 0.444 e. The third-order valence-electron chi connectivity index (χ3n) is 7.05. The van der Waals surface area contributed by atoms with Crippen LogP contribution in [0.2, 0.25) is 5.04 Å². The van der Waals surface area contributed by atoms with Crippen molar-refractivity contribution in [2.45, 2.75) is 71.1 Å². The molecule has 0 spiro atoms. The van der Waals surface area contributed by atoms with Gasteiger partial charge in [0.05, 0.1) is 12.6 Å². The number of fused-ring (bicyclic) bond motifs is 1. The quantitative estimate of drug-likeness (QED) is 0.569. The van der Waals surface area contributed by atoms with Crippen molar-refractivity contribution in [1.82, 2.24) is 4.90 Å². The fourth-order valence-corrected chi connectivity index (χ4v) is 9.98. The van der Waals surface area contributed by atoms with Gasteiger partial charge in [0, 0.05) is 6.54 Å². The van der Waals surface area contributed by atoms with E-state index in [-0.39, 0.29) is 17.2 Å². The molecule has 0 bridgehead atoms. The van der Waals surface area contributed by atoms with Crippen molar-refractivity contribution in [1.29, 1.82) is 0 Å². The van der Waals surface area contributed by atoms with Gasteiger partial charge in [-0.25, -0.2) is 4.79 Å². The summed E-state index contributed by atoms with van der Waals surface area (Å²) >= 11 is 0. The van der Waals surface area contributed by atoms with Gasteiger partial charge in [-0.15, -0.1) is 0 Å². The lowest BCUT2D eigenvalue weighted by atomic mass is 10.0. The molecule has 2 aliphatic rings. The number of likely N-dealkylation sites (tertiary alicyclic amines) is 1. The number of benzene rings is 2. The first-order valence-corrected chi connectivity index (χ1v) is 14.2. The van der Waals surface area contributed by atoms with E-state index in [1.165, 1.54) is 16.8 Å². The van der Waals surface area contributed by atoms with E-state index >= 15 is 0 Å². The van der Waals surface area contributed by atoms with Crippen LogP contribution in [-0.2, 0) is 9.16 Å². The lowest BCUT2D eigenvalue weighted by Crippen LogP contribution is -2.67. The zero-order valence-corrected chi connectivity index (χ0v) is 22.0. The fraction of sp³-hybridized carbons (Fsp3) is 0.536. The molecule has 1 heterocycles. The van der Waals surface area contributed by atoms with Crippen molar-refractivity contribution in [3.05, 3.63) is 60.7 Å². The van der Waals surface area contributed by atoms with E-state index in [1.54, 1.807) is 0 Å². The van der Waals surface area contributed by atoms with E-state index < -0.39 is 13.9 Å². The van der Waals surface area contributed by atoms with Crippen LogP contribution in [0.25, 0.3) is 0 Å². The second-order valence-electron chi connectivity index (χ2n) is 11.8. The second kappa shape index (κ2) is 8.92. The zero-order chi connectivity index (χ0) is 23.9. The molecule has 2 fully saturated rings. The molecule has 2 aromatic carbocycles. The van der Waals surface area contributed by atoms with Crippen LogP contribution >= 0.6 is 0 Å². The summed E-state index contributed by atoms with van der Waals surface area (Å²) in [6.45, 7) is 14.0. The average Bonchev–Trinajstić information content (AvgIpc) is 3.51. The van der Waals surface area contributed by atoms with Crippen LogP contribution in [0.15, 0.2) is 60.7 Å². The molecule has 0 N–H and O–H groups in total. The molecule has 33 heavy (non-hydrogen) atoms. The van der Waals surface area contributed by atoms with Crippen LogP contribution in [0.3, 0.4) is 0 Å². The Balaban J connectivity index is 1.67. The van der Waals surface area contributed by atoms with Crippen molar-refractivity contribution in [2.24, 2.45) is 11.8 Å². The number of carbonyl (C=O) groups is 1. The Kier molecular flexibility index (Phi) is 6.49. The summed E-state index contributed by atoms with van der Waals surface area (Å²) in [7, 11) is -2.63. The lowest BCUT2D eigenvalue weighted by Gasteiger charge is -2.45. The fourth-order valence-electron chi connectivity index (χ4n) is 5.39. The Morgan fingerprint density at radius 1 is 0.879 bits per heavy atom. The summed E-state index contributed by atoms with van der Waals surface area (Å²) in [5.74, 6) is 1.35. The second-order valence-corrected chi connectivity index (χ2v) is 16.1. The lowest BCUT2D eigenvalue weighted by molar-refractivity contribution is 0.00166. The Labute approximate surface area is 200 Å². The molecule has 1 amide bonds. The molecule has 0 radical (unpaired) electrons. The van der Waals surface area contributed by atoms with Gasteiger partial charge in [-0.1, -0.05) is 81.4 Å². The zero-order valence-electron chi connectivity index (χ0n) is 21.0. The van der Waals surface area contributed by atoms with E-state index in [0.29, 0.717) is 12.5 Å². The standard InChI is InChI=1S/C28H39NO3Si/c1-27(2,3)32-26(30)29-19-22-17-21(22)18-23(29)20-31-33(28(4,5)6,24-13-9-7-10-14-24)25-15-11-8-12-16-25/h7-16,21-23H,17-20H2,1-6H3/t21?,22-,23?/m0/s1. The summed E-state index contributed by atoms with van der Waals surface area (Å²) in [4.78, 5) is 15.1. The number of carbonyl (C=O) groups excluding carboxylic acids is 1. The molecule has 0 aromatic heterocycles. The van der Waals surface area contributed by atoms with Crippen LogP contribution in [0.1, 0.15) is 54.4 Å². The SMILES string of the molecule is CC(C)(C)OC(=O)N1C[C@@H]2CC2CC1CO[Si](c1ccccc1)(c1ccccc1)C(C)(C)C. The Morgan fingerprint density at radius 3 is 1.91 bits per heavy atom. The van der Waals surface area contributed by atoms with Gasteiger partial charge in [-0.05, 0) is 60.9 Å². The van der Waals surface area contributed by atoms with Gasteiger partial charge in [0.2, 0.25) is 0 Å².